The molecule has 20 heavy (non-hydrogen) atoms. The Balaban J connectivity index is 4.28. The fraction of sp³-hybridized carbons (Fsp3) is 0.769. The minimum atomic E-state index is -1.02. The topological polar surface area (TPSA) is 90.9 Å². The summed E-state index contributed by atoms with van der Waals surface area (Å²) >= 11 is 0. The summed E-state index contributed by atoms with van der Waals surface area (Å²) in [5.41, 5.74) is -0.661. The van der Waals surface area contributed by atoms with Crippen LogP contribution in [-0.2, 0) is 23.8 Å². The van der Waals surface area contributed by atoms with Crippen LogP contribution in [0.5, 0.6) is 0 Å². The lowest BCUT2D eigenvalue weighted by atomic mass is 10.2. The maximum absolute atomic E-state index is 11.7. The summed E-state index contributed by atoms with van der Waals surface area (Å²) < 4.78 is 14.6. The zero-order valence-corrected chi connectivity index (χ0v) is 12.8. The first-order valence-electron chi connectivity index (χ1n) is 6.43. The predicted octanol–water partition coefficient (Wildman–Crippen LogP) is 1.39. The van der Waals surface area contributed by atoms with Crippen LogP contribution in [-0.4, -0.2) is 42.4 Å². The quantitative estimate of drug-likeness (QED) is 0.607. The third-order valence-corrected chi connectivity index (χ3v) is 2.00. The van der Waals surface area contributed by atoms with Crippen molar-refractivity contribution in [2.75, 3.05) is 6.61 Å². The van der Waals surface area contributed by atoms with Gasteiger partial charge < -0.3 is 19.5 Å². The summed E-state index contributed by atoms with van der Waals surface area (Å²) in [4.78, 5) is 34.4. The maximum atomic E-state index is 11.7. The van der Waals surface area contributed by atoms with Gasteiger partial charge in [-0.05, 0) is 41.5 Å². The molecule has 1 amide bonds. The van der Waals surface area contributed by atoms with Gasteiger partial charge in [0.15, 0.2) is 6.10 Å². The SMILES string of the molecule is CCOC(=O)[C@H](C)OC(=O)[C@H](C)NC(=O)OC(C)(C)C. The van der Waals surface area contributed by atoms with E-state index in [0.717, 1.165) is 0 Å². The molecule has 2 atom stereocenters. The van der Waals surface area contributed by atoms with Crippen molar-refractivity contribution >= 4 is 18.0 Å². The Labute approximate surface area is 118 Å². The molecule has 0 fully saturated rings. The van der Waals surface area contributed by atoms with E-state index in [-0.39, 0.29) is 6.61 Å². The second-order valence-electron chi connectivity index (χ2n) is 5.20. The summed E-state index contributed by atoms with van der Waals surface area (Å²) in [6.45, 7) is 9.81. The lowest BCUT2D eigenvalue weighted by molar-refractivity contribution is -0.167. The lowest BCUT2D eigenvalue weighted by Crippen LogP contribution is -2.44. The molecule has 7 heteroatoms. The van der Waals surface area contributed by atoms with Crippen LogP contribution in [0.1, 0.15) is 41.5 Å². The van der Waals surface area contributed by atoms with E-state index in [1.165, 1.54) is 13.8 Å². The van der Waals surface area contributed by atoms with Crippen molar-refractivity contribution in [2.24, 2.45) is 0 Å². The Bertz CT molecular complexity index is 360. The predicted molar refractivity (Wildman–Crippen MR) is 71.0 cm³/mol. The van der Waals surface area contributed by atoms with Crippen molar-refractivity contribution in [3.8, 4) is 0 Å². The molecule has 0 aliphatic carbocycles. The number of rotatable bonds is 5. The van der Waals surface area contributed by atoms with E-state index in [2.05, 4.69) is 5.32 Å². The molecular weight excluding hydrogens is 266 g/mol. The van der Waals surface area contributed by atoms with Crippen LogP contribution < -0.4 is 5.32 Å². The number of hydrogen-bond donors (Lipinski definition) is 1. The van der Waals surface area contributed by atoms with Gasteiger partial charge in [-0.2, -0.15) is 0 Å². The minimum absolute atomic E-state index is 0.201. The largest absolute Gasteiger partial charge is 0.463 e. The molecule has 0 aromatic rings. The van der Waals surface area contributed by atoms with E-state index in [9.17, 15) is 14.4 Å². The lowest BCUT2D eigenvalue weighted by Gasteiger charge is -2.22. The highest BCUT2D eigenvalue weighted by atomic mass is 16.6. The first-order valence-corrected chi connectivity index (χ1v) is 6.43. The summed E-state index contributed by atoms with van der Waals surface area (Å²) in [7, 11) is 0. The molecule has 0 aromatic heterocycles. The van der Waals surface area contributed by atoms with Crippen molar-refractivity contribution in [3.63, 3.8) is 0 Å². The fourth-order valence-corrected chi connectivity index (χ4v) is 1.13. The van der Waals surface area contributed by atoms with Gasteiger partial charge in [0.2, 0.25) is 0 Å². The second-order valence-corrected chi connectivity index (χ2v) is 5.20. The summed E-state index contributed by atoms with van der Waals surface area (Å²) in [6.07, 6.45) is -1.75. The van der Waals surface area contributed by atoms with Crippen molar-refractivity contribution in [2.45, 2.75) is 59.3 Å². The molecule has 0 aliphatic heterocycles. The minimum Gasteiger partial charge on any atom is -0.463 e. The monoisotopic (exact) mass is 289 g/mol. The molecule has 0 saturated carbocycles. The zero-order valence-electron chi connectivity index (χ0n) is 12.8. The van der Waals surface area contributed by atoms with Crippen LogP contribution >= 0.6 is 0 Å². The molecule has 0 aliphatic rings. The second kappa shape index (κ2) is 7.72. The molecule has 0 spiro atoms. The molecule has 7 nitrogen and oxygen atoms in total. The van der Waals surface area contributed by atoms with Crippen LogP contribution in [0.2, 0.25) is 0 Å². The van der Waals surface area contributed by atoms with Gasteiger partial charge in [-0.15, -0.1) is 0 Å². The standard InChI is InChI=1S/C13H23NO6/c1-7-18-11(16)9(3)19-10(15)8(2)14-12(17)20-13(4,5)6/h8-9H,7H2,1-6H3,(H,14,17)/t8-,9-/m0/s1. The third-order valence-electron chi connectivity index (χ3n) is 2.00. The Morgan fingerprint density at radius 3 is 2.10 bits per heavy atom. The van der Waals surface area contributed by atoms with Crippen molar-refractivity contribution < 1.29 is 28.6 Å². The molecule has 0 unspecified atom stereocenters. The van der Waals surface area contributed by atoms with Crippen LogP contribution in [0.15, 0.2) is 0 Å². The van der Waals surface area contributed by atoms with Crippen LogP contribution in [0.3, 0.4) is 0 Å². The maximum Gasteiger partial charge on any atom is 0.408 e. The first kappa shape index (κ1) is 18.2. The van der Waals surface area contributed by atoms with Crippen LogP contribution in [0.25, 0.3) is 0 Å². The van der Waals surface area contributed by atoms with Gasteiger partial charge in [-0.1, -0.05) is 0 Å². The Kier molecular flexibility index (Phi) is 7.02. The van der Waals surface area contributed by atoms with Crippen LogP contribution in [0.4, 0.5) is 4.79 Å². The van der Waals surface area contributed by atoms with Gasteiger partial charge in [0.1, 0.15) is 11.6 Å². The summed E-state index contributed by atoms with van der Waals surface area (Å²) in [5, 5.41) is 2.32. The third kappa shape index (κ3) is 7.60. The van der Waals surface area contributed by atoms with Crippen molar-refractivity contribution in [1.29, 1.82) is 0 Å². The van der Waals surface area contributed by atoms with E-state index in [0.29, 0.717) is 0 Å². The van der Waals surface area contributed by atoms with Gasteiger partial charge in [0.25, 0.3) is 0 Å². The first-order chi connectivity index (χ1) is 9.06. The molecule has 0 rings (SSSR count). The normalized spacial score (nSPS) is 13.9. The number of alkyl carbamates (subject to hydrolysis) is 1. The number of nitrogens with one attached hydrogen (secondary N) is 1. The van der Waals surface area contributed by atoms with Gasteiger partial charge in [-0.25, -0.2) is 14.4 Å². The molecule has 1 N–H and O–H groups in total. The van der Waals surface area contributed by atoms with E-state index < -0.39 is 35.8 Å². The Hall–Kier alpha value is -1.79. The Morgan fingerprint density at radius 1 is 1.10 bits per heavy atom. The number of ether oxygens (including phenoxy) is 3. The van der Waals surface area contributed by atoms with Gasteiger partial charge in [0, 0.05) is 0 Å². The number of esters is 2. The van der Waals surface area contributed by atoms with E-state index in [1.807, 2.05) is 0 Å². The average Bonchev–Trinajstić information content (AvgIpc) is 2.26. The molecule has 0 aromatic carbocycles. The number of carbonyl (C=O) groups excluding carboxylic acids is 3. The molecule has 0 heterocycles. The summed E-state index contributed by atoms with van der Waals surface area (Å²) in [5.74, 6) is -1.37. The van der Waals surface area contributed by atoms with Crippen molar-refractivity contribution in [1.82, 2.24) is 5.32 Å². The van der Waals surface area contributed by atoms with Crippen molar-refractivity contribution in [3.05, 3.63) is 0 Å². The number of hydrogen-bond acceptors (Lipinski definition) is 6. The van der Waals surface area contributed by atoms with E-state index in [1.54, 1.807) is 27.7 Å². The highest BCUT2D eigenvalue weighted by molar-refractivity contribution is 5.84. The highest BCUT2D eigenvalue weighted by Gasteiger charge is 2.25. The Morgan fingerprint density at radius 2 is 1.65 bits per heavy atom. The summed E-state index contributed by atoms with van der Waals surface area (Å²) in [6, 6.07) is -0.929. The molecule has 0 bridgehead atoms. The van der Waals surface area contributed by atoms with Gasteiger partial charge in [-0.3, -0.25) is 0 Å². The van der Waals surface area contributed by atoms with Crippen LogP contribution in [0, 0.1) is 0 Å². The average molecular weight is 289 g/mol. The zero-order chi connectivity index (χ0) is 15.9. The molecule has 0 radical (unpaired) electrons. The molecule has 0 saturated heterocycles. The van der Waals surface area contributed by atoms with E-state index in [4.69, 9.17) is 14.2 Å². The van der Waals surface area contributed by atoms with E-state index >= 15 is 0 Å². The molecular formula is C13H23NO6. The fourth-order valence-electron chi connectivity index (χ4n) is 1.13. The molecule has 116 valence electrons. The smallest absolute Gasteiger partial charge is 0.408 e. The van der Waals surface area contributed by atoms with Gasteiger partial charge in [0.05, 0.1) is 6.61 Å². The highest BCUT2D eigenvalue weighted by Crippen LogP contribution is 2.07. The number of amides is 1. The van der Waals surface area contributed by atoms with Gasteiger partial charge >= 0.3 is 18.0 Å². The number of carbonyl (C=O) groups is 3.